The van der Waals surface area contributed by atoms with E-state index in [9.17, 15) is 9.59 Å². The maximum Gasteiger partial charge on any atom is 0.308 e. The standard InChI is InChI=1S/C23H20N4O4S/c1-4-13-32-23-24-21-20(25-26-23)16-9-5-7-11-18(16)27(14(2)28)22(31-21)17-10-6-8-12-19(17)30-15(3)29/h4-12,22H,1,13H2,2-3H3. The Morgan fingerprint density at radius 3 is 2.66 bits per heavy atom. The summed E-state index contributed by atoms with van der Waals surface area (Å²) in [5.74, 6) is 0.385. The fourth-order valence-corrected chi connectivity index (χ4v) is 3.89. The van der Waals surface area contributed by atoms with Gasteiger partial charge in [0, 0.05) is 25.2 Å². The zero-order chi connectivity index (χ0) is 22.7. The van der Waals surface area contributed by atoms with E-state index in [2.05, 4.69) is 21.8 Å². The largest absolute Gasteiger partial charge is 0.447 e. The quantitative estimate of drug-likeness (QED) is 0.248. The topological polar surface area (TPSA) is 94.5 Å². The normalized spacial score (nSPS) is 14.4. The molecule has 0 aliphatic carbocycles. The van der Waals surface area contributed by atoms with Crippen LogP contribution in [0.1, 0.15) is 25.6 Å². The maximum atomic E-state index is 12.9. The highest BCUT2D eigenvalue weighted by Crippen LogP contribution is 2.44. The minimum absolute atomic E-state index is 0.227. The van der Waals surface area contributed by atoms with Crippen molar-refractivity contribution in [1.82, 2.24) is 15.2 Å². The van der Waals surface area contributed by atoms with E-state index in [1.807, 2.05) is 18.2 Å². The first-order valence-electron chi connectivity index (χ1n) is 9.81. The van der Waals surface area contributed by atoms with Crippen LogP contribution >= 0.6 is 11.8 Å². The van der Waals surface area contributed by atoms with Crippen molar-refractivity contribution in [3.63, 3.8) is 0 Å². The molecule has 0 saturated heterocycles. The van der Waals surface area contributed by atoms with Gasteiger partial charge in [-0.2, -0.15) is 4.98 Å². The number of benzene rings is 2. The van der Waals surface area contributed by atoms with E-state index in [1.54, 1.807) is 36.4 Å². The minimum atomic E-state index is -0.945. The number of aromatic nitrogens is 3. The smallest absolute Gasteiger partial charge is 0.308 e. The van der Waals surface area contributed by atoms with E-state index in [0.29, 0.717) is 39.2 Å². The molecule has 1 aromatic heterocycles. The van der Waals surface area contributed by atoms with Crippen molar-refractivity contribution in [3.8, 4) is 22.9 Å². The number of thioether (sulfide) groups is 1. The number of esters is 1. The average molecular weight is 449 g/mol. The summed E-state index contributed by atoms with van der Waals surface area (Å²) in [4.78, 5) is 30.6. The molecule has 0 fully saturated rings. The number of amides is 1. The van der Waals surface area contributed by atoms with Crippen LogP contribution in [0, 0.1) is 0 Å². The third-order valence-electron chi connectivity index (χ3n) is 4.62. The monoisotopic (exact) mass is 448 g/mol. The summed E-state index contributed by atoms with van der Waals surface area (Å²) >= 11 is 1.36. The fourth-order valence-electron chi connectivity index (χ4n) is 3.38. The molecule has 0 N–H and O–H groups in total. The molecule has 9 heteroatoms. The molecule has 1 amide bonds. The molecular weight excluding hydrogens is 428 g/mol. The lowest BCUT2D eigenvalue weighted by molar-refractivity contribution is -0.132. The summed E-state index contributed by atoms with van der Waals surface area (Å²) in [5, 5.41) is 8.97. The molecular formula is C23H20N4O4S. The Kier molecular flexibility index (Phi) is 6.18. The lowest BCUT2D eigenvalue weighted by atomic mass is 10.1. The van der Waals surface area contributed by atoms with Gasteiger partial charge in [-0.15, -0.1) is 16.8 Å². The molecule has 0 bridgehead atoms. The van der Waals surface area contributed by atoms with Gasteiger partial charge in [-0.1, -0.05) is 48.2 Å². The first-order valence-corrected chi connectivity index (χ1v) is 10.8. The highest BCUT2D eigenvalue weighted by atomic mass is 32.2. The van der Waals surface area contributed by atoms with E-state index in [4.69, 9.17) is 9.47 Å². The first kappa shape index (κ1) is 21.5. The van der Waals surface area contributed by atoms with Crippen LogP contribution in [0.5, 0.6) is 11.6 Å². The van der Waals surface area contributed by atoms with Gasteiger partial charge in [0.2, 0.25) is 23.2 Å². The van der Waals surface area contributed by atoms with Gasteiger partial charge in [0.25, 0.3) is 0 Å². The van der Waals surface area contributed by atoms with Gasteiger partial charge in [-0.05, 0) is 18.2 Å². The highest BCUT2D eigenvalue weighted by molar-refractivity contribution is 7.99. The van der Waals surface area contributed by atoms with Crippen LogP contribution in [0.15, 0.2) is 66.3 Å². The molecule has 1 aliphatic rings. The molecule has 162 valence electrons. The molecule has 1 aliphatic heterocycles. The molecule has 2 heterocycles. The predicted octanol–water partition coefficient (Wildman–Crippen LogP) is 4.19. The van der Waals surface area contributed by atoms with Crippen molar-refractivity contribution >= 4 is 29.3 Å². The number of fused-ring (bicyclic) bond motifs is 3. The van der Waals surface area contributed by atoms with E-state index >= 15 is 0 Å². The molecule has 1 unspecified atom stereocenters. The van der Waals surface area contributed by atoms with Gasteiger partial charge < -0.3 is 9.47 Å². The molecule has 0 spiro atoms. The SMILES string of the molecule is C=CCSc1nnc2c(n1)OC(c1ccccc1OC(C)=O)N(C(C)=O)c1ccccc1-2. The zero-order valence-corrected chi connectivity index (χ0v) is 18.3. The highest BCUT2D eigenvalue weighted by Gasteiger charge is 2.36. The Labute approximate surface area is 189 Å². The van der Waals surface area contributed by atoms with Gasteiger partial charge >= 0.3 is 5.97 Å². The van der Waals surface area contributed by atoms with Crippen molar-refractivity contribution in [2.75, 3.05) is 10.7 Å². The second-order valence-corrected chi connectivity index (χ2v) is 7.84. The number of hydrogen-bond donors (Lipinski definition) is 0. The molecule has 8 nitrogen and oxygen atoms in total. The molecule has 4 rings (SSSR count). The van der Waals surface area contributed by atoms with Crippen LogP contribution in [-0.4, -0.2) is 32.8 Å². The van der Waals surface area contributed by atoms with Crippen LogP contribution < -0.4 is 14.4 Å². The van der Waals surface area contributed by atoms with Crippen LogP contribution in [0.4, 0.5) is 5.69 Å². The summed E-state index contributed by atoms with van der Waals surface area (Å²) in [5.41, 5.74) is 2.16. The predicted molar refractivity (Wildman–Crippen MR) is 120 cm³/mol. The number of para-hydroxylation sites is 2. The molecule has 0 saturated carbocycles. The van der Waals surface area contributed by atoms with Crippen molar-refractivity contribution in [1.29, 1.82) is 0 Å². The lowest BCUT2D eigenvalue weighted by Gasteiger charge is -2.30. The van der Waals surface area contributed by atoms with Crippen molar-refractivity contribution in [2.24, 2.45) is 0 Å². The van der Waals surface area contributed by atoms with Crippen molar-refractivity contribution in [3.05, 3.63) is 66.7 Å². The fraction of sp³-hybridized carbons (Fsp3) is 0.174. The van der Waals surface area contributed by atoms with Crippen molar-refractivity contribution in [2.45, 2.75) is 25.2 Å². The minimum Gasteiger partial charge on any atom is -0.447 e. The molecule has 2 aromatic carbocycles. The van der Waals surface area contributed by atoms with Crippen LogP contribution in [0.2, 0.25) is 0 Å². The Morgan fingerprint density at radius 1 is 1.16 bits per heavy atom. The van der Waals surface area contributed by atoms with Gasteiger partial charge in [0.05, 0.1) is 11.3 Å². The summed E-state index contributed by atoms with van der Waals surface area (Å²) in [6, 6.07) is 14.2. The maximum absolute atomic E-state index is 12.9. The summed E-state index contributed by atoms with van der Waals surface area (Å²) in [6.07, 6.45) is 0.797. The van der Waals surface area contributed by atoms with Gasteiger partial charge in [0.15, 0.2) is 5.69 Å². The number of ether oxygens (including phenoxy) is 2. The molecule has 1 atom stereocenters. The number of hydrogen-bond acceptors (Lipinski definition) is 8. The van der Waals surface area contributed by atoms with E-state index in [0.717, 1.165) is 0 Å². The van der Waals surface area contributed by atoms with Gasteiger partial charge in [-0.25, -0.2) is 0 Å². The van der Waals surface area contributed by atoms with E-state index in [-0.39, 0.29) is 11.8 Å². The number of rotatable bonds is 5. The second-order valence-electron chi connectivity index (χ2n) is 6.86. The molecule has 3 aromatic rings. The zero-order valence-electron chi connectivity index (χ0n) is 17.5. The number of carbonyl (C=O) groups is 2. The van der Waals surface area contributed by atoms with Crippen LogP contribution in [0.25, 0.3) is 11.3 Å². The van der Waals surface area contributed by atoms with Crippen LogP contribution in [-0.2, 0) is 9.59 Å². The second kappa shape index (κ2) is 9.19. The third kappa shape index (κ3) is 4.19. The van der Waals surface area contributed by atoms with Crippen LogP contribution in [0.3, 0.4) is 0 Å². The molecule has 32 heavy (non-hydrogen) atoms. The number of carbonyl (C=O) groups excluding carboxylic acids is 2. The van der Waals surface area contributed by atoms with E-state index in [1.165, 1.54) is 30.5 Å². The number of anilines is 1. The van der Waals surface area contributed by atoms with E-state index < -0.39 is 12.2 Å². The Morgan fingerprint density at radius 2 is 1.91 bits per heavy atom. The third-order valence-corrected chi connectivity index (χ3v) is 5.45. The lowest BCUT2D eigenvalue weighted by Crippen LogP contribution is -2.36. The first-order chi connectivity index (χ1) is 15.5. The van der Waals surface area contributed by atoms with Crippen molar-refractivity contribution < 1.29 is 19.1 Å². The average Bonchev–Trinajstić information content (AvgIpc) is 2.92. The summed E-state index contributed by atoms with van der Waals surface area (Å²) in [6.45, 7) is 6.47. The van der Waals surface area contributed by atoms with Gasteiger partial charge in [-0.3, -0.25) is 14.5 Å². The Hall–Kier alpha value is -3.72. The Bertz CT molecular complexity index is 1200. The Balaban J connectivity index is 1.93. The van der Waals surface area contributed by atoms with Gasteiger partial charge in [0.1, 0.15) is 5.75 Å². The summed E-state index contributed by atoms with van der Waals surface area (Å²) < 4.78 is 11.7. The molecule has 0 radical (unpaired) electrons. The summed E-state index contributed by atoms with van der Waals surface area (Å²) in [7, 11) is 0. The number of nitrogens with zero attached hydrogens (tertiary/aromatic N) is 4.